The molecule has 3 heteroatoms. The van der Waals surface area contributed by atoms with E-state index in [2.05, 4.69) is 0 Å². The normalized spacial score (nSPS) is 10.5. The monoisotopic (exact) mass is 163 g/mol. The van der Waals surface area contributed by atoms with E-state index in [1.165, 1.54) is 0 Å². The molecule has 2 aromatic rings. The zero-order valence-electron chi connectivity index (χ0n) is 7.19. The van der Waals surface area contributed by atoms with Gasteiger partial charge in [0.25, 0.3) is 0 Å². The van der Waals surface area contributed by atoms with Crippen molar-refractivity contribution < 1.29 is 9.30 Å². The number of rotatable bonds is 1. The van der Waals surface area contributed by atoms with Crippen LogP contribution >= 0.6 is 0 Å². The highest BCUT2D eigenvalue weighted by Crippen LogP contribution is 2.14. The maximum atomic E-state index is 5.22. The molecule has 0 amide bonds. The predicted molar refractivity (Wildman–Crippen MR) is 45.1 cm³/mol. The number of pyridine rings is 1. The van der Waals surface area contributed by atoms with E-state index in [0.717, 1.165) is 11.4 Å². The highest BCUT2D eigenvalue weighted by molar-refractivity contribution is 5.48. The van der Waals surface area contributed by atoms with Crippen molar-refractivity contribution in [1.29, 1.82) is 0 Å². The number of aromatic nitrogens is 2. The van der Waals surface area contributed by atoms with Gasteiger partial charge in [-0.3, -0.25) is 0 Å². The van der Waals surface area contributed by atoms with E-state index in [-0.39, 0.29) is 0 Å². The first kappa shape index (κ1) is 7.16. The Morgan fingerprint density at radius 1 is 1.42 bits per heavy atom. The zero-order chi connectivity index (χ0) is 8.55. The molecule has 0 saturated heterocycles. The van der Waals surface area contributed by atoms with Crippen molar-refractivity contribution in [1.82, 2.24) is 4.40 Å². The average Bonchev–Trinajstić information content (AvgIpc) is 2.48. The van der Waals surface area contributed by atoms with E-state index in [1.54, 1.807) is 7.11 Å². The Morgan fingerprint density at radius 2 is 2.25 bits per heavy atom. The van der Waals surface area contributed by atoms with Gasteiger partial charge in [0.2, 0.25) is 5.75 Å². The van der Waals surface area contributed by atoms with Crippen LogP contribution in [0.4, 0.5) is 0 Å². The maximum Gasteiger partial charge on any atom is 0.328 e. The molecule has 12 heavy (non-hydrogen) atoms. The molecule has 2 aromatic heterocycles. The molecule has 0 aromatic carbocycles. The molecule has 0 fully saturated rings. The second-order valence-corrected chi connectivity index (χ2v) is 2.72. The summed E-state index contributed by atoms with van der Waals surface area (Å²) in [5, 5.41) is 0. The molecule has 0 unspecified atom stereocenters. The molecule has 0 bridgehead atoms. The number of hydrogen-bond acceptors (Lipinski definition) is 1. The van der Waals surface area contributed by atoms with Crippen LogP contribution in [0.15, 0.2) is 30.7 Å². The van der Waals surface area contributed by atoms with Crippen LogP contribution in [-0.2, 0) is 7.05 Å². The van der Waals surface area contributed by atoms with Crippen LogP contribution in [0.3, 0.4) is 0 Å². The lowest BCUT2D eigenvalue weighted by Gasteiger charge is -1.97. The predicted octanol–water partition coefficient (Wildman–Crippen LogP) is 0.772. The minimum absolute atomic E-state index is 0.894. The van der Waals surface area contributed by atoms with E-state index in [1.807, 2.05) is 46.7 Å². The van der Waals surface area contributed by atoms with Crippen molar-refractivity contribution in [3.8, 4) is 5.75 Å². The van der Waals surface area contributed by atoms with Gasteiger partial charge in [0, 0.05) is 0 Å². The summed E-state index contributed by atoms with van der Waals surface area (Å²) in [5.41, 5.74) is 1.07. The first-order valence-electron chi connectivity index (χ1n) is 3.82. The third-order valence-corrected chi connectivity index (χ3v) is 1.96. The number of imidazole rings is 1. The molecule has 0 aliphatic carbocycles. The molecule has 0 aliphatic rings. The number of methoxy groups -OCH3 is 1. The van der Waals surface area contributed by atoms with Gasteiger partial charge in [0.15, 0.2) is 0 Å². The lowest BCUT2D eigenvalue weighted by atomic mass is 10.4. The van der Waals surface area contributed by atoms with E-state index in [4.69, 9.17) is 4.74 Å². The Kier molecular flexibility index (Phi) is 1.50. The van der Waals surface area contributed by atoms with Gasteiger partial charge < -0.3 is 4.74 Å². The molecule has 62 valence electrons. The molecule has 0 aliphatic heterocycles. The number of nitrogens with zero attached hydrogens (tertiary/aromatic N) is 2. The summed E-state index contributed by atoms with van der Waals surface area (Å²) in [6.07, 6.45) is 5.99. The van der Waals surface area contributed by atoms with Crippen molar-refractivity contribution >= 4 is 5.65 Å². The smallest absolute Gasteiger partial charge is 0.328 e. The van der Waals surface area contributed by atoms with Gasteiger partial charge in [0.05, 0.1) is 20.4 Å². The summed E-state index contributed by atoms with van der Waals surface area (Å²) >= 11 is 0. The van der Waals surface area contributed by atoms with Crippen molar-refractivity contribution in [2.75, 3.05) is 7.11 Å². The zero-order valence-corrected chi connectivity index (χ0v) is 7.19. The number of hydrogen-bond donors (Lipinski definition) is 0. The fourth-order valence-electron chi connectivity index (χ4n) is 1.37. The Hall–Kier alpha value is -1.51. The quantitative estimate of drug-likeness (QED) is 0.568. The van der Waals surface area contributed by atoms with E-state index < -0.39 is 0 Å². The number of fused-ring (bicyclic) bond motifs is 1. The first-order chi connectivity index (χ1) is 5.83. The van der Waals surface area contributed by atoms with Gasteiger partial charge in [-0.15, -0.1) is 0 Å². The second kappa shape index (κ2) is 2.52. The van der Waals surface area contributed by atoms with Crippen LogP contribution in [0.1, 0.15) is 0 Å². The summed E-state index contributed by atoms with van der Waals surface area (Å²) in [6.45, 7) is 0. The molecule has 3 nitrogen and oxygen atoms in total. The molecule has 0 spiro atoms. The Balaban J connectivity index is 2.84. The summed E-state index contributed by atoms with van der Waals surface area (Å²) in [7, 11) is 3.68. The summed E-state index contributed by atoms with van der Waals surface area (Å²) in [4.78, 5) is 0. The minimum atomic E-state index is 0.894. The number of ether oxygens (including phenoxy) is 1. The van der Waals surface area contributed by atoms with Gasteiger partial charge in [-0.05, 0) is 12.1 Å². The maximum absolute atomic E-state index is 5.22. The standard InChI is InChI=1S/C9H11N2O/c1-10-6-7-11-5-3-4-8(12-2)9(10)11/h3-7H,1-2H3/q+1. The average molecular weight is 163 g/mol. The van der Waals surface area contributed by atoms with Crippen LogP contribution in [0.5, 0.6) is 5.75 Å². The third-order valence-electron chi connectivity index (χ3n) is 1.96. The molecule has 2 heterocycles. The van der Waals surface area contributed by atoms with Crippen LogP contribution in [0, 0.1) is 0 Å². The van der Waals surface area contributed by atoms with Gasteiger partial charge >= 0.3 is 5.65 Å². The fourth-order valence-corrected chi connectivity index (χ4v) is 1.37. The summed E-state index contributed by atoms with van der Waals surface area (Å²) in [6, 6.07) is 3.92. The largest absolute Gasteiger partial charge is 0.489 e. The van der Waals surface area contributed by atoms with Crippen LogP contribution < -0.4 is 9.30 Å². The molecule has 0 N–H and O–H groups in total. The molecular formula is C9H11N2O+. The van der Waals surface area contributed by atoms with Gasteiger partial charge in [0.1, 0.15) is 12.4 Å². The fraction of sp³-hybridized carbons (Fsp3) is 0.222. The van der Waals surface area contributed by atoms with Crippen molar-refractivity contribution in [3.63, 3.8) is 0 Å². The summed E-state index contributed by atoms with van der Waals surface area (Å²) < 4.78 is 9.28. The van der Waals surface area contributed by atoms with Gasteiger partial charge in [-0.1, -0.05) is 0 Å². The molecule has 0 saturated carbocycles. The molecule has 0 atom stereocenters. The highest BCUT2D eigenvalue weighted by atomic mass is 16.5. The second-order valence-electron chi connectivity index (χ2n) is 2.72. The third kappa shape index (κ3) is 0.863. The van der Waals surface area contributed by atoms with Gasteiger partial charge in [-0.2, -0.15) is 4.40 Å². The lowest BCUT2D eigenvalue weighted by molar-refractivity contribution is -0.644. The van der Waals surface area contributed by atoms with Crippen molar-refractivity contribution in [2.24, 2.45) is 7.05 Å². The highest BCUT2D eigenvalue weighted by Gasteiger charge is 2.10. The van der Waals surface area contributed by atoms with Crippen LogP contribution in [0.25, 0.3) is 5.65 Å². The number of aryl methyl sites for hydroxylation is 1. The Labute approximate surface area is 70.8 Å². The Bertz CT molecular complexity index is 406. The van der Waals surface area contributed by atoms with Crippen molar-refractivity contribution in [3.05, 3.63) is 30.7 Å². The SMILES string of the molecule is COc1cccn2cc[n+](C)c12. The van der Waals surface area contributed by atoms with Gasteiger partial charge in [-0.25, -0.2) is 4.57 Å². The first-order valence-corrected chi connectivity index (χ1v) is 3.82. The molecule has 2 rings (SSSR count). The van der Waals surface area contributed by atoms with E-state index in [0.29, 0.717) is 0 Å². The topological polar surface area (TPSA) is 17.5 Å². The van der Waals surface area contributed by atoms with Crippen molar-refractivity contribution in [2.45, 2.75) is 0 Å². The molecule has 0 radical (unpaired) electrons. The minimum Gasteiger partial charge on any atom is -0.489 e. The summed E-state index contributed by atoms with van der Waals surface area (Å²) in [5.74, 6) is 0.894. The van der Waals surface area contributed by atoms with E-state index >= 15 is 0 Å². The molecular weight excluding hydrogens is 152 g/mol. The van der Waals surface area contributed by atoms with E-state index in [9.17, 15) is 0 Å². The Morgan fingerprint density at radius 3 is 3.00 bits per heavy atom. The van der Waals surface area contributed by atoms with Crippen LogP contribution in [-0.4, -0.2) is 11.5 Å². The van der Waals surface area contributed by atoms with Crippen LogP contribution in [0.2, 0.25) is 0 Å². The lowest BCUT2D eigenvalue weighted by Crippen LogP contribution is -2.26.